The van der Waals surface area contributed by atoms with E-state index in [1.54, 1.807) is 0 Å². The van der Waals surface area contributed by atoms with Gasteiger partial charge < -0.3 is 10.2 Å². The molecule has 1 aliphatic heterocycles. The Bertz CT molecular complexity index is 818. The molecular formula is C25H28N2. The molecule has 1 saturated heterocycles. The van der Waals surface area contributed by atoms with E-state index in [0.29, 0.717) is 0 Å². The fourth-order valence-electron chi connectivity index (χ4n) is 4.21. The number of nitrogens with one attached hydrogen (secondary N) is 1. The minimum Gasteiger partial charge on any atom is -0.374 e. The second-order valence-corrected chi connectivity index (χ2v) is 8.02. The van der Waals surface area contributed by atoms with E-state index in [-0.39, 0.29) is 11.5 Å². The summed E-state index contributed by atoms with van der Waals surface area (Å²) in [4.78, 5) is 2.42. The minimum atomic E-state index is 0.145. The lowest BCUT2D eigenvalue weighted by atomic mass is 9.82. The summed E-state index contributed by atoms with van der Waals surface area (Å²) in [5.41, 5.74) is 5.42. The first-order valence-corrected chi connectivity index (χ1v) is 9.80. The first kappa shape index (κ1) is 17.8. The van der Waals surface area contributed by atoms with Crippen LogP contribution in [0.2, 0.25) is 0 Å². The van der Waals surface area contributed by atoms with Crippen molar-refractivity contribution in [2.45, 2.75) is 24.8 Å². The summed E-state index contributed by atoms with van der Waals surface area (Å²) in [7, 11) is 2.21. The topological polar surface area (TPSA) is 15.3 Å². The monoisotopic (exact) mass is 356 g/mol. The Morgan fingerprint density at radius 1 is 0.815 bits per heavy atom. The summed E-state index contributed by atoms with van der Waals surface area (Å²) in [6, 6.07) is 30.5. The van der Waals surface area contributed by atoms with Crippen molar-refractivity contribution in [2.24, 2.45) is 0 Å². The highest BCUT2D eigenvalue weighted by Crippen LogP contribution is 2.34. The Kier molecular flexibility index (Phi) is 5.00. The van der Waals surface area contributed by atoms with E-state index in [4.69, 9.17) is 0 Å². The van der Waals surface area contributed by atoms with Crippen LogP contribution in [0, 0.1) is 0 Å². The van der Waals surface area contributed by atoms with Crippen molar-refractivity contribution < 1.29 is 0 Å². The Morgan fingerprint density at radius 2 is 1.37 bits per heavy atom. The van der Waals surface area contributed by atoms with E-state index >= 15 is 0 Å². The minimum absolute atomic E-state index is 0.145. The van der Waals surface area contributed by atoms with E-state index in [2.05, 4.69) is 109 Å². The van der Waals surface area contributed by atoms with E-state index in [1.807, 2.05) is 0 Å². The Balaban J connectivity index is 1.59. The fraction of sp³-hybridized carbons (Fsp3) is 0.280. The molecule has 0 aromatic heterocycles. The van der Waals surface area contributed by atoms with Gasteiger partial charge >= 0.3 is 0 Å². The quantitative estimate of drug-likeness (QED) is 0.651. The maximum Gasteiger partial charge on any atom is 0.0767 e. The molecule has 3 aromatic rings. The third-order valence-corrected chi connectivity index (χ3v) is 5.82. The highest BCUT2D eigenvalue weighted by Gasteiger charge is 2.33. The molecule has 1 N–H and O–H groups in total. The molecule has 1 atom stereocenters. The van der Waals surface area contributed by atoms with Crippen LogP contribution in [-0.2, 0) is 5.41 Å². The molecule has 0 spiro atoms. The van der Waals surface area contributed by atoms with Gasteiger partial charge in [0.1, 0.15) is 0 Å². The van der Waals surface area contributed by atoms with Gasteiger partial charge in [-0.1, -0.05) is 79.7 Å². The molecule has 0 amide bonds. The second kappa shape index (κ2) is 7.58. The van der Waals surface area contributed by atoms with Gasteiger partial charge in [-0.05, 0) is 48.8 Å². The lowest BCUT2D eigenvalue weighted by molar-refractivity contribution is 0.381. The standard InChI is InChI=1S/C25H28N2/c1-25(17-18-27(2)19-25)22-13-15-23(16-14-22)26-24(20-9-5-3-6-10-20)21-11-7-4-8-12-21/h3-16,24,26H,17-19H2,1-2H3. The molecule has 2 heteroatoms. The van der Waals surface area contributed by atoms with Crippen LogP contribution in [0.25, 0.3) is 0 Å². The Hall–Kier alpha value is -2.58. The van der Waals surface area contributed by atoms with Crippen molar-refractivity contribution in [1.29, 1.82) is 0 Å². The number of benzene rings is 3. The van der Waals surface area contributed by atoms with Crippen LogP contribution in [0.5, 0.6) is 0 Å². The maximum absolute atomic E-state index is 3.74. The number of hydrogen-bond donors (Lipinski definition) is 1. The van der Waals surface area contributed by atoms with Crippen LogP contribution in [0.3, 0.4) is 0 Å². The van der Waals surface area contributed by atoms with Crippen molar-refractivity contribution in [3.8, 4) is 0 Å². The number of rotatable bonds is 5. The van der Waals surface area contributed by atoms with Crippen LogP contribution in [0.15, 0.2) is 84.9 Å². The van der Waals surface area contributed by atoms with Gasteiger partial charge in [-0.15, -0.1) is 0 Å². The lowest BCUT2D eigenvalue weighted by Crippen LogP contribution is -2.25. The van der Waals surface area contributed by atoms with Gasteiger partial charge in [0.25, 0.3) is 0 Å². The van der Waals surface area contributed by atoms with Crippen LogP contribution >= 0.6 is 0 Å². The summed E-state index contributed by atoms with van der Waals surface area (Å²) >= 11 is 0. The maximum atomic E-state index is 3.74. The average molecular weight is 357 g/mol. The molecule has 1 fully saturated rings. The average Bonchev–Trinajstić information content (AvgIpc) is 3.08. The highest BCUT2D eigenvalue weighted by atomic mass is 15.1. The van der Waals surface area contributed by atoms with E-state index in [1.165, 1.54) is 29.7 Å². The van der Waals surface area contributed by atoms with Crippen molar-refractivity contribution in [1.82, 2.24) is 4.90 Å². The van der Waals surface area contributed by atoms with Gasteiger partial charge in [0.2, 0.25) is 0 Å². The number of likely N-dealkylation sites (N-methyl/N-ethyl adjacent to an activating group) is 1. The molecule has 2 nitrogen and oxygen atoms in total. The molecule has 0 saturated carbocycles. The predicted molar refractivity (Wildman–Crippen MR) is 114 cm³/mol. The third-order valence-electron chi connectivity index (χ3n) is 5.82. The van der Waals surface area contributed by atoms with Crippen LogP contribution in [0.1, 0.15) is 36.1 Å². The Labute approximate surface area is 162 Å². The largest absolute Gasteiger partial charge is 0.374 e. The fourth-order valence-corrected chi connectivity index (χ4v) is 4.21. The summed E-state index contributed by atoms with van der Waals surface area (Å²) in [6.07, 6.45) is 1.23. The molecule has 138 valence electrons. The molecule has 1 heterocycles. The van der Waals surface area contributed by atoms with Crippen molar-refractivity contribution in [3.63, 3.8) is 0 Å². The molecular weight excluding hydrogens is 328 g/mol. The van der Waals surface area contributed by atoms with Crippen molar-refractivity contribution in [3.05, 3.63) is 102 Å². The van der Waals surface area contributed by atoms with Gasteiger partial charge in [0.15, 0.2) is 0 Å². The Morgan fingerprint density at radius 3 is 1.85 bits per heavy atom. The van der Waals surface area contributed by atoms with Crippen LogP contribution in [0.4, 0.5) is 5.69 Å². The molecule has 0 bridgehead atoms. The van der Waals surface area contributed by atoms with Gasteiger partial charge in [-0.2, -0.15) is 0 Å². The number of likely N-dealkylation sites (tertiary alicyclic amines) is 1. The molecule has 0 aliphatic carbocycles. The van der Waals surface area contributed by atoms with Gasteiger partial charge in [-0.25, -0.2) is 0 Å². The second-order valence-electron chi connectivity index (χ2n) is 8.02. The first-order valence-electron chi connectivity index (χ1n) is 9.80. The predicted octanol–water partition coefficient (Wildman–Crippen LogP) is 5.48. The van der Waals surface area contributed by atoms with Crippen molar-refractivity contribution >= 4 is 5.69 Å². The number of nitrogens with zero attached hydrogens (tertiary/aromatic N) is 1. The first-order chi connectivity index (χ1) is 13.1. The molecule has 27 heavy (non-hydrogen) atoms. The van der Waals surface area contributed by atoms with Crippen molar-refractivity contribution in [2.75, 3.05) is 25.5 Å². The SMILES string of the molecule is CN1CCC(C)(c2ccc(NC(c3ccccc3)c3ccccc3)cc2)C1. The van der Waals surface area contributed by atoms with E-state index < -0.39 is 0 Å². The molecule has 3 aromatic carbocycles. The van der Waals surface area contributed by atoms with Crippen LogP contribution < -0.4 is 5.32 Å². The smallest absolute Gasteiger partial charge is 0.0767 e. The summed E-state index contributed by atoms with van der Waals surface area (Å²) < 4.78 is 0. The molecule has 1 aliphatic rings. The molecule has 1 unspecified atom stereocenters. The molecule has 0 radical (unpaired) electrons. The van der Waals surface area contributed by atoms with Gasteiger partial charge in [0.05, 0.1) is 6.04 Å². The van der Waals surface area contributed by atoms with Gasteiger partial charge in [-0.3, -0.25) is 0 Å². The van der Waals surface area contributed by atoms with Crippen LogP contribution in [-0.4, -0.2) is 25.0 Å². The summed E-state index contributed by atoms with van der Waals surface area (Å²) in [5, 5.41) is 3.74. The zero-order valence-electron chi connectivity index (χ0n) is 16.2. The molecule has 4 rings (SSSR count). The van der Waals surface area contributed by atoms with E-state index in [9.17, 15) is 0 Å². The number of hydrogen-bond acceptors (Lipinski definition) is 2. The zero-order valence-corrected chi connectivity index (χ0v) is 16.2. The summed E-state index contributed by atoms with van der Waals surface area (Å²) in [6.45, 7) is 4.70. The zero-order chi connectivity index (χ0) is 18.7. The third kappa shape index (κ3) is 3.91. The number of anilines is 1. The normalized spacial score (nSPS) is 20.1. The highest BCUT2D eigenvalue weighted by molar-refractivity contribution is 5.51. The van der Waals surface area contributed by atoms with E-state index in [0.717, 1.165) is 12.2 Å². The van der Waals surface area contributed by atoms with Gasteiger partial charge in [0, 0.05) is 17.6 Å². The lowest BCUT2D eigenvalue weighted by Gasteiger charge is -2.26. The summed E-state index contributed by atoms with van der Waals surface area (Å²) in [5.74, 6) is 0.